The smallest absolute Gasteiger partial charge is 0.260 e. The second-order valence-corrected chi connectivity index (χ2v) is 9.61. The molecule has 1 fully saturated rings. The Bertz CT molecular complexity index is 950. The van der Waals surface area contributed by atoms with Crippen LogP contribution in [0, 0.1) is 6.92 Å². The third-order valence-electron chi connectivity index (χ3n) is 5.30. The summed E-state index contributed by atoms with van der Waals surface area (Å²) in [6.07, 6.45) is 2.45. The summed E-state index contributed by atoms with van der Waals surface area (Å²) in [4.78, 5) is 14.1. The van der Waals surface area contributed by atoms with Crippen LogP contribution >= 0.6 is 0 Å². The van der Waals surface area contributed by atoms with Gasteiger partial charge < -0.3 is 14.4 Å². The summed E-state index contributed by atoms with van der Waals surface area (Å²) in [5.74, 6) is 1.94. The van der Waals surface area contributed by atoms with Gasteiger partial charge >= 0.3 is 0 Å². The maximum Gasteiger partial charge on any atom is 0.260 e. The van der Waals surface area contributed by atoms with E-state index in [9.17, 15) is 13.2 Å². The van der Waals surface area contributed by atoms with Crippen molar-refractivity contribution in [3.05, 3.63) is 54.1 Å². The normalized spacial score (nSPS) is 15.3. The lowest BCUT2D eigenvalue weighted by Gasteiger charge is -2.35. The van der Waals surface area contributed by atoms with Crippen LogP contribution in [0.2, 0.25) is 0 Å². The van der Waals surface area contributed by atoms with Gasteiger partial charge in [0.15, 0.2) is 6.61 Å². The Morgan fingerprint density at radius 1 is 1.00 bits per heavy atom. The van der Waals surface area contributed by atoms with Crippen molar-refractivity contribution < 1.29 is 22.7 Å². The summed E-state index contributed by atoms with van der Waals surface area (Å²) >= 11 is 0. The average Bonchev–Trinajstić information content (AvgIpc) is 2.73. The maximum atomic E-state index is 12.4. The molecule has 0 atom stereocenters. The second kappa shape index (κ2) is 9.49. The molecule has 1 aliphatic heterocycles. The molecule has 0 unspecified atom stereocenters. The summed E-state index contributed by atoms with van der Waals surface area (Å²) in [6.45, 7) is 3.02. The minimum atomic E-state index is -3.22. The van der Waals surface area contributed by atoms with Crippen molar-refractivity contribution in [2.45, 2.75) is 25.8 Å². The van der Waals surface area contributed by atoms with Gasteiger partial charge in [-0.3, -0.25) is 4.79 Å². The van der Waals surface area contributed by atoms with Crippen molar-refractivity contribution in [2.24, 2.45) is 0 Å². The molecule has 2 aromatic rings. The first-order chi connectivity index (χ1) is 14.2. The molecular formula is C22H28N2O5S. The van der Waals surface area contributed by atoms with E-state index in [-0.39, 0.29) is 18.6 Å². The predicted octanol–water partition coefficient (Wildman–Crippen LogP) is 3.05. The molecular weight excluding hydrogens is 404 g/mol. The summed E-state index contributed by atoms with van der Waals surface area (Å²) < 4.78 is 36.1. The van der Waals surface area contributed by atoms with Gasteiger partial charge in [-0.25, -0.2) is 12.7 Å². The van der Waals surface area contributed by atoms with E-state index < -0.39 is 10.0 Å². The van der Waals surface area contributed by atoms with E-state index in [1.165, 1.54) is 16.1 Å². The third kappa shape index (κ3) is 5.96. The van der Waals surface area contributed by atoms with Gasteiger partial charge in [-0.05, 0) is 56.2 Å². The Kier molecular flexibility index (Phi) is 6.99. The standard InChI is InChI=1S/C22H28N2O5S/c1-17-4-6-20(7-5-17)29-21-10-8-19(9-11-21)28-16-22(25)24-14-12-18(13-15-24)23(2)30(3,26)27/h4-11,18H,12-16H2,1-3H3. The number of carbonyl (C=O) groups is 1. The van der Waals surface area contributed by atoms with Crippen molar-refractivity contribution in [1.82, 2.24) is 9.21 Å². The fraction of sp³-hybridized carbons (Fsp3) is 0.409. The van der Waals surface area contributed by atoms with Crippen LogP contribution < -0.4 is 9.47 Å². The fourth-order valence-electron chi connectivity index (χ4n) is 3.33. The summed E-state index contributed by atoms with van der Waals surface area (Å²) in [7, 11) is -1.63. The zero-order valence-electron chi connectivity index (χ0n) is 17.6. The number of hydrogen-bond donors (Lipinski definition) is 0. The van der Waals surface area contributed by atoms with Crippen LogP contribution in [0.25, 0.3) is 0 Å². The largest absolute Gasteiger partial charge is 0.484 e. The number of likely N-dealkylation sites (tertiary alicyclic amines) is 1. The van der Waals surface area contributed by atoms with Crippen LogP contribution in [0.3, 0.4) is 0 Å². The highest BCUT2D eigenvalue weighted by molar-refractivity contribution is 7.88. The molecule has 1 heterocycles. The van der Waals surface area contributed by atoms with E-state index >= 15 is 0 Å². The predicted molar refractivity (Wildman–Crippen MR) is 115 cm³/mol. The summed E-state index contributed by atoms with van der Waals surface area (Å²) in [6, 6.07) is 14.9. The number of rotatable bonds is 7. The van der Waals surface area contributed by atoms with E-state index in [2.05, 4.69) is 0 Å². The first-order valence-corrected chi connectivity index (χ1v) is 11.8. The molecule has 30 heavy (non-hydrogen) atoms. The van der Waals surface area contributed by atoms with E-state index in [1.54, 1.807) is 36.2 Å². The molecule has 8 heteroatoms. The number of nitrogens with zero attached hydrogens (tertiary/aromatic N) is 2. The number of benzene rings is 2. The quantitative estimate of drug-likeness (QED) is 0.672. The molecule has 3 rings (SSSR count). The number of ether oxygens (including phenoxy) is 2. The van der Waals surface area contributed by atoms with Crippen LogP contribution in [0.5, 0.6) is 17.2 Å². The molecule has 7 nitrogen and oxygen atoms in total. The molecule has 2 aromatic carbocycles. The molecule has 0 aliphatic carbocycles. The SMILES string of the molecule is Cc1ccc(Oc2ccc(OCC(=O)N3CCC(N(C)S(C)(=O)=O)CC3)cc2)cc1. The zero-order valence-corrected chi connectivity index (χ0v) is 18.4. The summed E-state index contributed by atoms with van der Waals surface area (Å²) in [5, 5.41) is 0. The lowest BCUT2D eigenvalue weighted by atomic mass is 10.1. The van der Waals surface area contributed by atoms with Crippen molar-refractivity contribution >= 4 is 15.9 Å². The number of sulfonamides is 1. The lowest BCUT2D eigenvalue weighted by molar-refractivity contribution is -0.134. The number of carbonyl (C=O) groups excluding carboxylic acids is 1. The van der Waals surface area contributed by atoms with Crippen LogP contribution in [0.15, 0.2) is 48.5 Å². The maximum absolute atomic E-state index is 12.4. The van der Waals surface area contributed by atoms with E-state index in [4.69, 9.17) is 9.47 Å². The lowest BCUT2D eigenvalue weighted by Crippen LogP contribution is -2.48. The molecule has 1 saturated heterocycles. The van der Waals surface area contributed by atoms with Gasteiger partial charge in [0.2, 0.25) is 10.0 Å². The third-order valence-corrected chi connectivity index (χ3v) is 6.64. The van der Waals surface area contributed by atoms with Gasteiger partial charge in [-0.15, -0.1) is 0 Å². The van der Waals surface area contributed by atoms with Crippen molar-refractivity contribution in [3.63, 3.8) is 0 Å². The van der Waals surface area contributed by atoms with Crippen LogP contribution in [-0.4, -0.2) is 62.6 Å². The molecule has 0 bridgehead atoms. The Hall–Kier alpha value is -2.58. The highest BCUT2D eigenvalue weighted by Crippen LogP contribution is 2.24. The highest BCUT2D eigenvalue weighted by atomic mass is 32.2. The molecule has 1 aliphatic rings. The van der Waals surface area contributed by atoms with Gasteiger partial charge in [0.25, 0.3) is 5.91 Å². The molecule has 0 saturated carbocycles. The molecule has 0 aromatic heterocycles. The molecule has 162 valence electrons. The molecule has 0 radical (unpaired) electrons. The van der Waals surface area contributed by atoms with Crippen molar-refractivity contribution in [2.75, 3.05) is 33.0 Å². The second-order valence-electron chi connectivity index (χ2n) is 7.57. The fourth-order valence-corrected chi connectivity index (χ4v) is 4.08. The highest BCUT2D eigenvalue weighted by Gasteiger charge is 2.29. The number of piperidine rings is 1. The van der Waals surface area contributed by atoms with Crippen LogP contribution in [0.1, 0.15) is 18.4 Å². The van der Waals surface area contributed by atoms with Gasteiger partial charge in [0.05, 0.1) is 6.26 Å². The van der Waals surface area contributed by atoms with Gasteiger partial charge in [0.1, 0.15) is 17.2 Å². The van der Waals surface area contributed by atoms with E-state index in [0.717, 1.165) is 5.75 Å². The molecule has 1 amide bonds. The minimum absolute atomic E-state index is 0.0508. The van der Waals surface area contributed by atoms with E-state index in [0.29, 0.717) is 37.4 Å². The van der Waals surface area contributed by atoms with Crippen LogP contribution in [-0.2, 0) is 14.8 Å². The first kappa shape index (κ1) is 22.1. The van der Waals surface area contributed by atoms with E-state index in [1.807, 2.05) is 31.2 Å². The van der Waals surface area contributed by atoms with Crippen LogP contribution in [0.4, 0.5) is 0 Å². The van der Waals surface area contributed by atoms with Gasteiger partial charge in [0, 0.05) is 26.2 Å². The Balaban J connectivity index is 1.45. The monoisotopic (exact) mass is 432 g/mol. The number of aryl methyl sites for hydroxylation is 1. The van der Waals surface area contributed by atoms with Gasteiger partial charge in [-0.2, -0.15) is 0 Å². The minimum Gasteiger partial charge on any atom is -0.484 e. The Labute approximate surface area is 178 Å². The topological polar surface area (TPSA) is 76.2 Å². The van der Waals surface area contributed by atoms with Crippen molar-refractivity contribution in [3.8, 4) is 17.2 Å². The number of amides is 1. The zero-order chi connectivity index (χ0) is 21.7. The molecule has 0 N–H and O–H groups in total. The van der Waals surface area contributed by atoms with Gasteiger partial charge in [-0.1, -0.05) is 17.7 Å². The molecule has 0 spiro atoms. The Morgan fingerprint density at radius 3 is 2.03 bits per heavy atom. The van der Waals surface area contributed by atoms with Crippen molar-refractivity contribution in [1.29, 1.82) is 0 Å². The summed E-state index contributed by atoms with van der Waals surface area (Å²) in [5.41, 5.74) is 1.17. The Morgan fingerprint density at radius 2 is 1.50 bits per heavy atom. The first-order valence-electron chi connectivity index (χ1n) is 9.90. The number of hydrogen-bond acceptors (Lipinski definition) is 5. The average molecular weight is 433 g/mol.